The first-order valence-electron chi connectivity index (χ1n) is 8.23. The average molecular weight is 371 g/mol. The number of fused-ring (bicyclic) bond motifs is 2. The fourth-order valence-corrected chi connectivity index (χ4v) is 3.71. The number of carbonyl (C=O) groups is 2. The van der Waals surface area contributed by atoms with Crippen molar-refractivity contribution in [3.05, 3.63) is 42.5 Å². The summed E-state index contributed by atoms with van der Waals surface area (Å²) in [4.78, 5) is 29.9. The molecule has 0 unspecified atom stereocenters. The van der Waals surface area contributed by atoms with Gasteiger partial charge in [0.25, 0.3) is 0 Å². The normalized spacial score (nSPS) is 12.4. The van der Waals surface area contributed by atoms with Crippen LogP contribution in [0, 0.1) is 0 Å². The fourth-order valence-electron chi connectivity index (χ4n) is 2.67. The number of ether oxygens (including phenoxy) is 1. The summed E-state index contributed by atoms with van der Waals surface area (Å²) in [5.41, 5.74) is 2.13. The Balaban J connectivity index is 1.90. The largest absolute Gasteiger partial charge is 0.452 e. The predicted octanol–water partition coefficient (Wildman–Crippen LogP) is 3.95. The van der Waals surface area contributed by atoms with E-state index < -0.39 is 6.09 Å². The third kappa shape index (κ3) is 3.84. The molecule has 1 aliphatic heterocycles. The summed E-state index contributed by atoms with van der Waals surface area (Å²) in [5, 5.41) is 2.90. The van der Waals surface area contributed by atoms with Gasteiger partial charge in [0.15, 0.2) is 0 Å². The van der Waals surface area contributed by atoms with Crippen LogP contribution in [0.3, 0.4) is 0 Å². The highest BCUT2D eigenvalue weighted by Gasteiger charge is 2.29. The fraction of sp³-hybridized carbons (Fsp3) is 0.263. The molecule has 0 atom stereocenters. The lowest BCUT2D eigenvalue weighted by Crippen LogP contribution is -2.28. The zero-order valence-corrected chi connectivity index (χ0v) is 15.8. The number of nitrogens with one attached hydrogen (secondary N) is 1. The third-order valence-electron chi connectivity index (χ3n) is 3.95. The first kappa shape index (κ1) is 18.3. The highest BCUT2D eigenvalue weighted by molar-refractivity contribution is 7.99. The number of carbonyl (C=O) groups excluding carboxylic acids is 2. The first-order valence-corrected chi connectivity index (χ1v) is 9.05. The monoisotopic (exact) mass is 371 g/mol. The van der Waals surface area contributed by atoms with Gasteiger partial charge >= 0.3 is 6.09 Å². The van der Waals surface area contributed by atoms with Crippen LogP contribution in [0.25, 0.3) is 0 Å². The number of nitrogens with zero attached hydrogens (tertiary/aromatic N) is 2. The van der Waals surface area contributed by atoms with E-state index >= 15 is 0 Å². The molecule has 7 heteroatoms. The van der Waals surface area contributed by atoms with E-state index in [0.717, 1.165) is 15.5 Å². The lowest BCUT2D eigenvalue weighted by Gasteiger charge is -2.30. The molecule has 0 radical (unpaired) electrons. The molecule has 1 aliphatic rings. The van der Waals surface area contributed by atoms with Crippen molar-refractivity contribution in [2.75, 3.05) is 38.0 Å². The summed E-state index contributed by atoms with van der Waals surface area (Å²) in [5.74, 6) is -0.0628. The Hall–Kier alpha value is -2.51. The van der Waals surface area contributed by atoms with Crippen LogP contribution in [0.15, 0.2) is 52.3 Å². The standard InChI is InChI=1S/C19H21N3O3S/c1-21(2)11-10-18(23)20-13-8-9-17-15(12-13)22(19(24)25-3)14-6-4-5-7-16(14)26-17/h4-9,12H,10-11H2,1-3H3,(H,20,23). The van der Waals surface area contributed by atoms with Crippen LogP contribution >= 0.6 is 11.8 Å². The Morgan fingerprint density at radius 2 is 1.85 bits per heavy atom. The number of amides is 2. The van der Waals surface area contributed by atoms with Gasteiger partial charge < -0.3 is 15.0 Å². The van der Waals surface area contributed by atoms with Gasteiger partial charge in [0.05, 0.1) is 18.5 Å². The van der Waals surface area contributed by atoms with Gasteiger partial charge in [-0.2, -0.15) is 0 Å². The molecule has 0 saturated heterocycles. The van der Waals surface area contributed by atoms with Crippen molar-refractivity contribution in [1.29, 1.82) is 0 Å². The number of rotatable bonds is 4. The van der Waals surface area contributed by atoms with Crippen LogP contribution in [-0.4, -0.2) is 44.7 Å². The van der Waals surface area contributed by atoms with Crippen molar-refractivity contribution in [1.82, 2.24) is 4.90 Å². The number of hydrogen-bond acceptors (Lipinski definition) is 5. The highest BCUT2D eigenvalue weighted by atomic mass is 32.2. The lowest BCUT2D eigenvalue weighted by atomic mass is 10.2. The van der Waals surface area contributed by atoms with Gasteiger partial charge in [-0.15, -0.1) is 0 Å². The summed E-state index contributed by atoms with van der Waals surface area (Å²) in [7, 11) is 5.21. The molecule has 2 amide bonds. The molecule has 1 N–H and O–H groups in total. The van der Waals surface area contributed by atoms with Gasteiger partial charge in [-0.1, -0.05) is 23.9 Å². The van der Waals surface area contributed by atoms with Crippen molar-refractivity contribution in [3.8, 4) is 0 Å². The second-order valence-corrected chi connectivity index (χ2v) is 7.24. The second-order valence-electron chi connectivity index (χ2n) is 6.16. The summed E-state index contributed by atoms with van der Waals surface area (Å²) in [6.45, 7) is 0.675. The molecule has 2 aromatic rings. The van der Waals surface area contributed by atoms with E-state index in [2.05, 4.69) is 5.32 Å². The zero-order valence-electron chi connectivity index (χ0n) is 15.0. The molecule has 6 nitrogen and oxygen atoms in total. The minimum Gasteiger partial charge on any atom is -0.452 e. The highest BCUT2D eigenvalue weighted by Crippen LogP contribution is 2.49. The molecule has 0 aromatic heterocycles. The lowest BCUT2D eigenvalue weighted by molar-refractivity contribution is -0.116. The number of methoxy groups -OCH3 is 1. The van der Waals surface area contributed by atoms with Gasteiger partial charge in [0, 0.05) is 28.4 Å². The molecule has 0 bridgehead atoms. The first-order chi connectivity index (χ1) is 12.5. The van der Waals surface area contributed by atoms with Gasteiger partial charge in [0.1, 0.15) is 0 Å². The van der Waals surface area contributed by atoms with Crippen molar-refractivity contribution in [2.45, 2.75) is 16.2 Å². The van der Waals surface area contributed by atoms with Crippen LogP contribution < -0.4 is 10.2 Å². The van der Waals surface area contributed by atoms with Crippen LogP contribution in [0.2, 0.25) is 0 Å². The van der Waals surface area contributed by atoms with E-state index in [1.165, 1.54) is 12.0 Å². The van der Waals surface area contributed by atoms with Crippen molar-refractivity contribution < 1.29 is 14.3 Å². The Bertz CT molecular complexity index is 839. The number of hydrogen-bond donors (Lipinski definition) is 1. The third-order valence-corrected chi connectivity index (χ3v) is 5.08. The summed E-state index contributed by atoms with van der Waals surface area (Å²) in [6, 6.07) is 13.2. The SMILES string of the molecule is COC(=O)N1c2ccccc2Sc2ccc(NC(=O)CCN(C)C)cc21. The smallest absolute Gasteiger partial charge is 0.418 e. The molecular formula is C19H21N3O3S. The molecule has 0 saturated carbocycles. The molecule has 3 rings (SSSR count). The molecular weight excluding hydrogens is 350 g/mol. The van der Waals surface area contributed by atoms with E-state index in [-0.39, 0.29) is 5.91 Å². The Kier molecular flexibility index (Phi) is 5.49. The van der Waals surface area contributed by atoms with E-state index in [1.54, 1.807) is 11.8 Å². The minimum absolute atomic E-state index is 0.0628. The van der Waals surface area contributed by atoms with Gasteiger partial charge in [-0.25, -0.2) is 9.69 Å². The molecule has 136 valence electrons. The predicted molar refractivity (Wildman–Crippen MR) is 103 cm³/mol. The Labute approximate surface area is 157 Å². The van der Waals surface area contributed by atoms with E-state index in [9.17, 15) is 9.59 Å². The summed E-state index contributed by atoms with van der Waals surface area (Å²) < 4.78 is 4.97. The number of benzene rings is 2. The summed E-state index contributed by atoms with van der Waals surface area (Å²) in [6.07, 6.45) is -0.0577. The average Bonchev–Trinajstić information content (AvgIpc) is 2.64. The van der Waals surface area contributed by atoms with Crippen molar-refractivity contribution in [3.63, 3.8) is 0 Å². The topological polar surface area (TPSA) is 61.9 Å². The van der Waals surface area contributed by atoms with Gasteiger partial charge in [-0.05, 0) is 44.4 Å². The molecule has 0 fully saturated rings. The van der Waals surface area contributed by atoms with Crippen molar-refractivity contribution in [2.24, 2.45) is 0 Å². The van der Waals surface area contributed by atoms with Crippen LogP contribution in [0.5, 0.6) is 0 Å². The zero-order chi connectivity index (χ0) is 18.7. The Morgan fingerprint density at radius 1 is 1.12 bits per heavy atom. The van der Waals surface area contributed by atoms with E-state index in [4.69, 9.17) is 4.74 Å². The molecule has 2 aromatic carbocycles. The van der Waals surface area contributed by atoms with E-state index in [0.29, 0.717) is 24.3 Å². The maximum atomic E-state index is 12.4. The molecule has 0 aliphatic carbocycles. The minimum atomic E-state index is -0.463. The van der Waals surface area contributed by atoms with Crippen LogP contribution in [0.1, 0.15) is 6.42 Å². The van der Waals surface area contributed by atoms with Gasteiger partial charge in [-0.3, -0.25) is 4.79 Å². The van der Waals surface area contributed by atoms with Crippen LogP contribution in [-0.2, 0) is 9.53 Å². The molecule has 1 heterocycles. The molecule has 0 spiro atoms. The number of anilines is 3. The van der Waals surface area contributed by atoms with Crippen LogP contribution in [0.4, 0.5) is 21.9 Å². The van der Waals surface area contributed by atoms with E-state index in [1.807, 2.05) is 61.5 Å². The Morgan fingerprint density at radius 3 is 2.58 bits per heavy atom. The molecule has 26 heavy (non-hydrogen) atoms. The second kappa shape index (κ2) is 7.80. The van der Waals surface area contributed by atoms with Gasteiger partial charge in [0.2, 0.25) is 5.91 Å². The number of para-hydroxylation sites is 1. The van der Waals surface area contributed by atoms with Crippen molar-refractivity contribution >= 4 is 40.8 Å². The maximum Gasteiger partial charge on any atom is 0.418 e. The maximum absolute atomic E-state index is 12.4. The quantitative estimate of drug-likeness (QED) is 0.882. The summed E-state index contributed by atoms with van der Waals surface area (Å²) >= 11 is 1.59.